The van der Waals surface area contributed by atoms with E-state index in [0.717, 1.165) is 11.1 Å². The lowest BCUT2D eigenvalue weighted by Crippen LogP contribution is -2.02. The Balaban J connectivity index is 2.21. The van der Waals surface area contributed by atoms with E-state index >= 15 is 0 Å². The molecule has 108 valence electrons. The van der Waals surface area contributed by atoms with Gasteiger partial charge in [0, 0.05) is 6.54 Å². The lowest BCUT2D eigenvalue weighted by atomic mass is 10.1. The van der Waals surface area contributed by atoms with E-state index in [0.29, 0.717) is 35.2 Å². The molecule has 2 aromatic carbocycles. The average molecular weight is 303 g/mol. The van der Waals surface area contributed by atoms with E-state index in [4.69, 9.17) is 32.1 Å². The molecule has 0 aliphatic carbocycles. The van der Waals surface area contributed by atoms with E-state index in [1.54, 1.807) is 31.4 Å². The van der Waals surface area contributed by atoms with Crippen LogP contribution in [-0.2, 0) is 13.2 Å². The Morgan fingerprint density at radius 3 is 2.71 bits per heavy atom. The number of rotatable bonds is 5. The van der Waals surface area contributed by atoms with Crippen molar-refractivity contribution in [1.29, 1.82) is 5.26 Å². The maximum absolute atomic E-state index is 8.89. The molecule has 2 N–H and O–H groups in total. The van der Waals surface area contributed by atoms with Gasteiger partial charge in [0.15, 0.2) is 11.5 Å². The molecule has 0 saturated carbocycles. The molecule has 21 heavy (non-hydrogen) atoms. The van der Waals surface area contributed by atoms with Crippen molar-refractivity contribution in [2.45, 2.75) is 13.2 Å². The molecular formula is C16H15ClN2O2. The number of nitrogens with zero attached hydrogens (tertiary/aromatic N) is 1. The minimum absolute atomic E-state index is 0.299. The lowest BCUT2D eigenvalue weighted by Gasteiger charge is -2.14. The predicted octanol–water partition coefficient (Wildman–Crippen LogP) is 3.26. The third kappa shape index (κ3) is 3.66. The van der Waals surface area contributed by atoms with Crippen LogP contribution in [0.4, 0.5) is 0 Å². The third-order valence-corrected chi connectivity index (χ3v) is 3.24. The zero-order chi connectivity index (χ0) is 15.2. The first-order valence-corrected chi connectivity index (χ1v) is 6.74. The second kappa shape index (κ2) is 6.98. The average Bonchev–Trinajstić information content (AvgIpc) is 2.53. The summed E-state index contributed by atoms with van der Waals surface area (Å²) >= 11 is 6.20. The van der Waals surface area contributed by atoms with Gasteiger partial charge in [-0.15, -0.1) is 0 Å². The van der Waals surface area contributed by atoms with Crippen molar-refractivity contribution < 1.29 is 9.47 Å². The third-order valence-electron chi connectivity index (χ3n) is 2.96. The second-order valence-electron chi connectivity index (χ2n) is 4.41. The van der Waals surface area contributed by atoms with Gasteiger partial charge in [0.05, 0.1) is 23.8 Å². The fourth-order valence-corrected chi connectivity index (χ4v) is 2.21. The van der Waals surface area contributed by atoms with E-state index in [1.807, 2.05) is 12.1 Å². The monoisotopic (exact) mass is 302 g/mol. The quantitative estimate of drug-likeness (QED) is 0.920. The molecule has 5 heteroatoms. The summed E-state index contributed by atoms with van der Waals surface area (Å²) in [6.45, 7) is 0.675. The molecule has 2 rings (SSSR count). The second-order valence-corrected chi connectivity index (χ2v) is 4.82. The van der Waals surface area contributed by atoms with Crippen molar-refractivity contribution in [1.82, 2.24) is 0 Å². The molecule has 0 heterocycles. The minimum Gasteiger partial charge on any atom is -0.493 e. The van der Waals surface area contributed by atoms with Gasteiger partial charge in [-0.2, -0.15) is 5.26 Å². The molecule has 0 aromatic heterocycles. The fourth-order valence-electron chi connectivity index (χ4n) is 1.92. The van der Waals surface area contributed by atoms with Crippen LogP contribution in [0.15, 0.2) is 36.4 Å². The van der Waals surface area contributed by atoms with Crippen molar-refractivity contribution in [3.8, 4) is 17.6 Å². The zero-order valence-corrected chi connectivity index (χ0v) is 12.4. The normalized spacial score (nSPS) is 10.0. The Kier molecular flexibility index (Phi) is 5.04. The molecule has 0 unspecified atom stereocenters. The van der Waals surface area contributed by atoms with Gasteiger partial charge < -0.3 is 15.2 Å². The van der Waals surface area contributed by atoms with Crippen molar-refractivity contribution >= 4 is 11.6 Å². The minimum atomic E-state index is 0.299. The van der Waals surface area contributed by atoms with E-state index in [9.17, 15) is 0 Å². The Labute approximate surface area is 128 Å². The number of halogens is 1. The van der Waals surface area contributed by atoms with Gasteiger partial charge >= 0.3 is 0 Å². The van der Waals surface area contributed by atoms with Crippen molar-refractivity contribution in [2.24, 2.45) is 5.73 Å². The van der Waals surface area contributed by atoms with Gasteiger partial charge in [-0.3, -0.25) is 0 Å². The van der Waals surface area contributed by atoms with Crippen LogP contribution in [0.5, 0.6) is 11.5 Å². The fraction of sp³-hybridized carbons (Fsp3) is 0.188. The lowest BCUT2D eigenvalue weighted by molar-refractivity contribution is 0.284. The summed E-state index contributed by atoms with van der Waals surface area (Å²) < 4.78 is 11.0. The van der Waals surface area contributed by atoms with Crippen LogP contribution in [0, 0.1) is 11.3 Å². The zero-order valence-electron chi connectivity index (χ0n) is 11.6. The molecule has 2 aromatic rings. The molecule has 0 spiro atoms. The Hall–Kier alpha value is -2.22. The molecule has 0 radical (unpaired) electrons. The van der Waals surface area contributed by atoms with Gasteiger partial charge in [-0.25, -0.2) is 0 Å². The molecule has 4 nitrogen and oxygen atoms in total. The first kappa shape index (κ1) is 15.2. The smallest absolute Gasteiger partial charge is 0.180 e. The van der Waals surface area contributed by atoms with Gasteiger partial charge in [0.25, 0.3) is 0 Å². The first-order chi connectivity index (χ1) is 10.2. The highest BCUT2D eigenvalue weighted by molar-refractivity contribution is 6.32. The van der Waals surface area contributed by atoms with Crippen LogP contribution in [0.1, 0.15) is 16.7 Å². The maximum atomic E-state index is 8.89. The molecule has 0 bridgehead atoms. The molecule has 0 aliphatic heterocycles. The largest absolute Gasteiger partial charge is 0.493 e. The maximum Gasteiger partial charge on any atom is 0.180 e. The van der Waals surface area contributed by atoms with Crippen LogP contribution in [0.3, 0.4) is 0 Å². The highest BCUT2D eigenvalue weighted by atomic mass is 35.5. The standard InChI is InChI=1S/C16H15ClN2O2/c1-20-15-7-13(9-19)6-14(17)16(15)21-10-12-4-2-3-11(5-12)8-18/h2-7H,9-10,19H2,1H3. The molecule has 0 saturated heterocycles. The van der Waals surface area contributed by atoms with E-state index < -0.39 is 0 Å². The number of ether oxygens (including phenoxy) is 2. The topological polar surface area (TPSA) is 68.3 Å². The number of nitrogens with two attached hydrogens (primary N) is 1. The van der Waals surface area contributed by atoms with Crippen LogP contribution in [0.2, 0.25) is 5.02 Å². The van der Waals surface area contributed by atoms with Crippen LogP contribution in [-0.4, -0.2) is 7.11 Å². The van der Waals surface area contributed by atoms with Gasteiger partial charge in [0.2, 0.25) is 0 Å². The molecular weight excluding hydrogens is 288 g/mol. The number of hydrogen-bond donors (Lipinski definition) is 1. The van der Waals surface area contributed by atoms with Gasteiger partial charge in [-0.1, -0.05) is 23.7 Å². The summed E-state index contributed by atoms with van der Waals surface area (Å²) in [5, 5.41) is 9.34. The van der Waals surface area contributed by atoms with Gasteiger partial charge in [0.1, 0.15) is 6.61 Å². The summed E-state index contributed by atoms with van der Waals surface area (Å²) in [5.74, 6) is 1.01. The molecule has 0 aliphatic rings. The van der Waals surface area contributed by atoms with E-state index in [-0.39, 0.29) is 0 Å². The predicted molar refractivity (Wildman–Crippen MR) is 81.4 cm³/mol. The highest BCUT2D eigenvalue weighted by Crippen LogP contribution is 2.36. The molecule has 0 atom stereocenters. The molecule has 0 fully saturated rings. The SMILES string of the molecule is COc1cc(CN)cc(Cl)c1OCc1cccc(C#N)c1. The summed E-state index contributed by atoms with van der Waals surface area (Å²) in [6, 6.07) is 12.9. The Morgan fingerprint density at radius 1 is 1.24 bits per heavy atom. The number of benzene rings is 2. The van der Waals surface area contributed by atoms with E-state index in [1.165, 1.54) is 0 Å². The summed E-state index contributed by atoms with van der Waals surface area (Å²) in [6.07, 6.45) is 0. The van der Waals surface area contributed by atoms with Crippen LogP contribution in [0.25, 0.3) is 0 Å². The Morgan fingerprint density at radius 2 is 2.05 bits per heavy atom. The first-order valence-electron chi connectivity index (χ1n) is 6.36. The summed E-state index contributed by atoms with van der Waals surface area (Å²) in [7, 11) is 1.55. The highest BCUT2D eigenvalue weighted by Gasteiger charge is 2.12. The van der Waals surface area contributed by atoms with Crippen LogP contribution >= 0.6 is 11.6 Å². The summed E-state index contributed by atoms with van der Waals surface area (Å²) in [5.41, 5.74) is 7.95. The molecule has 0 amide bonds. The van der Waals surface area contributed by atoms with Crippen molar-refractivity contribution in [3.63, 3.8) is 0 Å². The Bertz CT molecular complexity index is 680. The van der Waals surface area contributed by atoms with E-state index in [2.05, 4.69) is 6.07 Å². The summed E-state index contributed by atoms with van der Waals surface area (Å²) in [4.78, 5) is 0. The van der Waals surface area contributed by atoms with Crippen molar-refractivity contribution in [2.75, 3.05) is 7.11 Å². The van der Waals surface area contributed by atoms with Crippen LogP contribution < -0.4 is 15.2 Å². The number of nitriles is 1. The van der Waals surface area contributed by atoms with Gasteiger partial charge in [-0.05, 0) is 35.4 Å². The van der Waals surface area contributed by atoms with Crippen molar-refractivity contribution in [3.05, 3.63) is 58.1 Å². The number of methoxy groups -OCH3 is 1. The number of hydrogen-bond acceptors (Lipinski definition) is 4.